The molecule has 166 valence electrons. The molecule has 2 rings (SSSR count). The standard InChI is InChI=1S/C25H37NO4/c27-20-23-18-22(13-14-24(23)28)25(29)19-26-15-7-1-2-8-16-30-17-9-6-12-21-10-4-3-5-11-21/h3-5,10-11,13-14,18,25-29H,1-2,6-9,12,15-17,19-20H2/i13D,14D,16D2,17D2,18D,20D2. The lowest BCUT2D eigenvalue weighted by atomic mass is 10.1. The molecule has 0 aliphatic heterocycles. The number of phenols is 1. The molecule has 0 fully saturated rings. The maximum absolute atomic E-state index is 10.5. The van der Waals surface area contributed by atoms with Gasteiger partial charge in [-0.2, -0.15) is 0 Å². The van der Waals surface area contributed by atoms with Crippen LogP contribution in [0.4, 0.5) is 0 Å². The number of hydrogen-bond acceptors (Lipinski definition) is 5. The third-order valence-corrected chi connectivity index (χ3v) is 4.46. The van der Waals surface area contributed by atoms with Crippen molar-refractivity contribution in [3.63, 3.8) is 0 Å². The summed E-state index contributed by atoms with van der Waals surface area (Å²) in [6, 6.07) is 7.46. The molecule has 0 aliphatic carbocycles. The van der Waals surface area contributed by atoms with E-state index >= 15 is 0 Å². The van der Waals surface area contributed by atoms with Crippen LogP contribution in [0.1, 0.15) is 73.7 Å². The number of hydrogen-bond donors (Lipinski definition) is 4. The second kappa shape index (κ2) is 15.0. The van der Waals surface area contributed by atoms with Crippen LogP contribution < -0.4 is 5.32 Å². The van der Waals surface area contributed by atoms with Crippen molar-refractivity contribution in [1.29, 1.82) is 0 Å². The fourth-order valence-electron chi connectivity index (χ4n) is 2.79. The molecule has 2 aromatic carbocycles. The number of aliphatic hydroxyl groups excluding tert-OH is 1. The van der Waals surface area contributed by atoms with Gasteiger partial charge in [-0.3, -0.25) is 0 Å². The van der Waals surface area contributed by atoms with Gasteiger partial charge < -0.3 is 25.4 Å². The highest BCUT2D eigenvalue weighted by Gasteiger charge is 2.09. The Kier molecular flexibility index (Phi) is 7.08. The third-order valence-electron chi connectivity index (χ3n) is 4.46. The van der Waals surface area contributed by atoms with Crippen LogP contribution in [0.2, 0.25) is 0 Å². The van der Waals surface area contributed by atoms with Gasteiger partial charge in [-0.1, -0.05) is 49.2 Å². The molecule has 0 amide bonds. The van der Waals surface area contributed by atoms with E-state index in [-0.39, 0.29) is 24.9 Å². The van der Waals surface area contributed by atoms with Crippen molar-refractivity contribution < 1.29 is 32.4 Å². The molecular weight excluding hydrogens is 378 g/mol. The summed E-state index contributed by atoms with van der Waals surface area (Å²) < 4.78 is 75.8. The van der Waals surface area contributed by atoms with E-state index in [9.17, 15) is 15.3 Å². The zero-order valence-corrected chi connectivity index (χ0v) is 17.1. The SMILES string of the molecule is [2H]c1c([2H])c(C(O)CNCCCCCC([2H])([2H])OC([2H])([2H])CCCc2ccccc2)c([2H])c(C([2H])([2H])O)c1O. The fourth-order valence-corrected chi connectivity index (χ4v) is 2.79. The number of aliphatic hydroxyl groups is 2. The van der Waals surface area contributed by atoms with E-state index in [1.165, 1.54) is 0 Å². The predicted molar refractivity (Wildman–Crippen MR) is 121 cm³/mol. The zero-order valence-electron chi connectivity index (χ0n) is 26.1. The van der Waals surface area contributed by atoms with Gasteiger partial charge in [-0.15, -0.1) is 0 Å². The smallest absolute Gasteiger partial charge is 0.121 e. The number of aryl methyl sites for hydroxylation is 1. The lowest BCUT2D eigenvalue weighted by Crippen LogP contribution is -2.22. The molecule has 5 nitrogen and oxygen atoms in total. The molecule has 5 heteroatoms. The van der Waals surface area contributed by atoms with Gasteiger partial charge in [0, 0.05) is 25.2 Å². The van der Waals surface area contributed by atoms with Crippen molar-refractivity contribution >= 4 is 0 Å². The Morgan fingerprint density at radius 2 is 1.73 bits per heavy atom. The Labute approximate surface area is 193 Å². The number of benzene rings is 2. The van der Waals surface area contributed by atoms with Crippen LogP contribution in [0.5, 0.6) is 5.75 Å². The lowest BCUT2D eigenvalue weighted by molar-refractivity contribution is 0.126. The first kappa shape index (κ1) is 14.2. The molecule has 1 atom stereocenters. The average Bonchev–Trinajstić information content (AvgIpc) is 2.81. The van der Waals surface area contributed by atoms with Gasteiger partial charge in [0.15, 0.2) is 0 Å². The minimum atomic E-state index is -3.14. The summed E-state index contributed by atoms with van der Waals surface area (Å²) >= 11 is 0. The molecule has 0 spiro atoms. The molecule has 2 aromatic rings. The van der Waals surface area contributed by atoms with Gasteiger partial charge in [0.05, 0.1) is 25.0 Å². The summed E-state index contributed by atoms with van der Waals surface area (Å²) in [5.74, 6) is -1.02. The molecule has 0 aliphatic rings. The molecular formula is C25H37NO4. The van der Waals surface area contributed by atoms with Gasteiger partial charge in [0.1, 0.15) is 5.75 Å². The van der Waals surface area contributed by atoms with Crippen LogP contribution >= 0.6 is 0 Å². The average molecular weight is 425 g/mol. The second-order valence-corrected chi connectivity index (χ2v) is 6.88. The van der Waals surface area contributed by atoms with Gasteiger partial charge in [-0.25, -0.2) is 0 Å². The molecule has 1 unspecified atom stereocenters. The minimum absolute atomic E-state index is 0.00392. The number of ether oxygens (including phenoxy) is 1. The quantitative estimate of drug-likeness (QED) is 0.305. The van der Waals surface area contributed by atoms with Crippen molar-refractivity contribution in [2.75, 3.05) is 26.2 Å². The topological polar surface area (TPSA) is 82.0 Å². The van der Waals surface area contributed by atoms with Crippen molar-refractivity contribution in [3.05, 3.63) is 65.1 Å². The highest BCUT2D eigenvalue weighted by Crippen LogP contribution is 2.22. The number of nitrogens with one attached hydrogen (secondary N) is 1. The molecule has 0 heterocycles. The maximum atomic E-state index is 10.5. The Bertz CT molecular complexity index is 1070. The first-order valence-corrected chi connectivity index (χ1v) is 10.2. The van der Waals surface area contributed by atoms with E-state index in [1.807, 2.05) is 30.3 Å². The fraction of sp³-hybridized carbons (Fsp3) is 0.520. The third kappa shape index (κ3) is 9.72. The van der Waals surface area contributed by atoms with E-state index in [2.05, 4.69) is 5.32 Å². The Morgan fingerprint density at radius 1 is 1.00 bits per heavy atom. The first-order chi connectivity index (χ1) is 18.1. The summed E-state index contributed by atoms with van der Waals surface area (Å²) in [5, 5.41) is 32.9. The van der Waals surface area contributed by atoms with Gasteiger partial charge in [0.25, 0.3) is 0 Å². The Balaban J connectivity index is 1.74. The molecule has 0 bridgehead atoms. The monoisotopic (exact) mass is 424 g/mol. The van der Waals surface area contributed by atoms with Crippen molar-refractivity contribution in [2.45, 2.75) is 57.6 Å². The number of unbranched alkanes of at least 4 members (excludes halogenated alkanes) is 2. The van der Waals surface area contributed by atoms with Crippen molar-refractivity contribution in [2.24, 2.45) is 0 Å². The highest BCUT2D eigenvalue weighted by atomic mass is 16.5. The normalized spacial score (nSPS) is 18.0. The molecule has 0 saturated carbocycles. The summed E-state index contributed by atoms with van der Waals surface area (Å²) in [7, 11) is 0. The largest absolute Gasteiger partial charge is 0.508 e. The molecule has 30 heavy (non-hydrogen) atoms. The summed E-state index contributed by atoms with van der Waals surface area (Å²) in [6.07, 6.45) is 1.40. The first-order valence-electron chi connectivity index (χ1n) is 14.7. The summed E-state index contributed by atoms with van der Waals surface area (Å²) in [6.45, 7) is -7.10. The number of rotatable bonds is 16. The zero-order chi connectivity index (χ0) is 29.4. The Morgan fingerprint density at radius 3 is 2.50 bits per heavy atom. The van der Waals surface area contributed by atoms with Crippen LogP contribution in [0.3, 0.4) is 0 Å². The second-order valence-electron chi connectivity index (χ2n) is 6.88. The Hall–Kier alpha value is -1.92. The molecule has 0 radical (unpaired) electrons. The maximum Gasteiger partial charge on any atom is 0.121 e. The van der Waals surface area contributed by atoms with E-state index in [0.717, 1.165) is 5.56 Å². The van der Waals surface area contributed by atoms with Crippen LogP contribution in [-0.2, 0) is 17.7 Å². The summed E-state index contributed by atoms with van der Waals surface area (Å²) in [5.41, 5.74) is -0.184. The van der Waals surface area contributed by atoms with Crippen LogP contribution in [0.25, 0.3) is 0 Å². The van der Waals surface area contributed by atoms with Crippen molar-refractivity contribution in [3.8, 4) is 5.75 Å². The van der Waals surface area contributed by atoms with Crippen molar-refractivity contribution in [1.82, 2.24) is 5.32 Å². The van der Waals surface area contributed by atoms with E-state index in [1.54, 1.807) is 0 Å². The molecule has 0 aromatic heterocycles. The van der Waals surface area contributed by atoms with Crippen LogP contribution in [-0.4, -0.2) is 41.5 Å². The van der Waals surface area contributed by atoms with E-state index in [0.29, 0.717) is 38.6 Å². The molecule has 4 N–H and O–H groups in total. The minimum Gasteiger partial charge on any atom is -0.508 e. The lowest BCUT2D eigenvalue weighted by Gasteiger charge is -2.14. The van der Waals surface area contributed by atoms with E-state index < -0.39 is 55.2 Å². The van der Waals surface area contributed by atoms with Crippen LogP contribution in [0.15, 0.2) is 48.5 Å². The highest BCUT2D eigenvalue weighted by molar-refractivity contribution is 5.36. The molecule has 0 saturated heterocycles. The van der Waals surface area contributed by atoms with Gasteiger partial charge in [-0.05, 0) is 61.9 Å². The number of aromatic hydroxyl groups is 1. The van der Waals surface area contributed by atoms with Gasteiger partial charge in [0.2, 0.25) is 0 Å². The summed E-state index contributed by atoms with van der Waals surface area (Å²) in [4.78, 5) is 0. The predicted octanol–water partition coefficient (Wildman–Crippen LogP) is 4.11. The van der Waals surface area contributed by atoms with E-state index in [4.69, 9.17) is 17.1 Å². The van der Waals surface area contributed by atoms with Gasteiger partial charge >= 0.3 is 0 Å². The van der Waals surface area contributed by atoms with Crippen LogP contribution in [0, 0.1) is 0 Å².